The number of likely N-dealkylation sites (tertiary alicyclic amines) is 1. The van der Waals surface area contributed by atoms with Crippen molar-refractivity contribution < 1.29 is 4.79 Å². The minimum Gasteiger partial charge on any atom is -0.397 e. The molecule has 0 aromatic carbocycles. The molecule has 2 N–H and O–H groups in total. The molecule has 1 aromatic rings. The molecule has 0 saturated carbocycles. The highest BCUT2D eigenvalue weighted by Crippen LogP contribution is 2.08. The van der Waals surface area contributed by atoms with Crippen LogP contribution in [0.5, 0.6) is 0 Å². The first kappa shape index (κ1) is 10.5. The molecule has 0 aliphatic carbocycles. The zero-order valence-corrected chi connectivity index (χ0v) is 8.94. The van der Waals surface area contributed by atoms with Gasteiger partial charge in [-0.25, -0.2) is 4.98 Å². The molecule has 0 spiro atoms. The number of nitrogens with two attached hydrogens (primary N) is 1. The van der Waals surface area contributed by atoms with Crippen molar-refractivity contribution in [2.24, 2.45) is 0 Å². The van der Waals surface area contributed by atoms with E-state index in [1.807, 2.05) is 0 Å². The zero-order chi connectivity index (χ0) is 11.4. The van der Waals surface area contributed by atoms with E-state index in [9.17, 15) is 4.79 Å². The van der Waals surface area contributed by atoms with Gasteiger partial charge in [0.15, 0.2) is 0 Å². The number of anilines is 1. The molecule has 2 rings (SSSR count). The van der Waals surface area contributed by atoms with Crippen molar-refractivity contribution in [1.29, 1.82) is 0 Å². The zero-order valence-electron chi connectivity index (χ0n) is 8.94. The molecular formula is C12H13N3O. The van der Waals surface area contributed by atoms with Crippen LogP contribution in [0.25, 0.3) is 0 Å². The van der Waals surface area contributed by atoms with Gasteiger partial charge in [0.25, 0.3) is 0 Å². The Hall–Kier alpha value is -2.02. The number of carbonyl (C=O) groups excluding carboxylic acids is 1. The Bertz CT molecular complexity index is 442. The maximum atomic E-state index is 11.3. The Kier molecular flexibility index (Phi) is 3.06. The predicted molar refractivity (Wildman–Crippen MR) is 61.3 cm³/mol. The molecule has 1 saturated heterocycles. The summed E-state index contributed by atoms with van der Waals surface area (Å²) >= 11 is 0. The quantitative estimate of drug-likeness (QED) is 0.699. The van der Waals surface area contributed by atoms with Gasteiger partial charge in [-0.2, -0.15) is 0 Å². The van der Waals surface area contributed by atoms with Crippen LogP contribution in [0.3, 0.4) is 0 Å². The van der Waals surface area contributed by atoms with Gasteiger partial charge in [0.1, 0.15) is 5.69 Å². The summed E-state index contributed by atoms with van der Waals surface area (Å²) in [5, 5.41) is 0. The van der Waals surface area contributed by atoms with Gasteiger partial charge < -0.3 is 10.6 Å². The number of hydrogen-bond acceptors (Lipinski definition) is 3. The van der Waals surface area contributed by atoms with Crippen LogP contribution in [0.4, 0.5) is 5.69 Å². The first-order chi connectivity index (χ1) is 7.75. The maximum Gasteiger partial charge on any atom is 0.223 e. The Morgan fingerprint density at radius 3 is 3.00 bits per heavy atom. The summed E-state index contributed by atoms with van der Waals surface area (Å²) in [6, 6.07) is 3.53. The Morgan fingerprint density at radius 2 is 2.38 bits per heavy atom. The number of amides is 1. The standard InChI is InChI=1S/C12H13N3O/c13-10-5-6-11(14-9-10)3-1-7-15-8-2-4-12(15)16/h5-6,9H,2,4,7-8,13H2. The van der Waals surface area contributed by atoms with Crippen molar-refractivity contribution in [1.82, 2.24) is 9.88 Å². The molecule has 0 radical (unpaired) electrons. The van der Waals surface area contributed by atoms with E-state index in [0.29, 0.717) is 24.3 Å². The van der Waals surface area contributed by atoms with Crippen molar-refractivity contribution >= 4 is 11.6 Å². The number of rotatable bonds is 1. The fourth-order valence-electron chi connectivity index (χ4n) is 1.58. The fraction of sp³-hybridized carbons (Fsp3) is 0.333. The van der Waals surface area contributed by atoms with Crippen LogP contribution in [-0.2, 0) is 4.79 Å². The second-order valence-electron chi connectivity index (χ2n) is 3.70. The summed E-state index contributed by atoms with van der Waals surface area (Å²) in [6.07, 6.45) is 3.17. The van der Waals surface area contributed by atoms with Crippen LogP contribution in [-0.4, -0.2) is 28.9 Å². The van der Waals surface area contributed by atoms with E-state index in [-0.39, 0.29) is 5.91 Å². The Balaban J connectivity index is 1.95. The maximum absolute atomic E-state index is 11.3. The Morgan fingerprint density at radius 1 is 1.50 bits per heavy atom. The van der Waals surface area contributed by atoms with Crippen molar-refractivity contribution in [3.05, 3.63) is 24.0 Å². The molecule has 0 atom stereocenters. The van der Waals surface area contributed by atoms with E-state index in [1.54, 1.807) is 23.2 Å². The monoisotopic (exact) mass is 215 g/mol. The van der Waals surface area contributed by atoms with Gasteiger partial charge in [-0.05, 0) is 24.5 Å². The number of aromatic nitrogens is 1. The molecule has 0 bridgehead atoms. The van der Waals surface area contributed by atoms with Gasteiger partial charge in [0, 0.05) is 13.0 Å². The van der Waals surface area contributed by atoms with Gasteiger partial charge in [0.05, 0.1) is 18.4 Å². The first-order valence-electron chi connectivity index (χ1n) is 5.24. The van der Waals surface area contributed by atoms with Crippen LogP contribution >= 0.6 is 0 Å². The van der Waals surface area contributed by atoms with Crippen LogP contribution in [0.15, 0.2) is 18.3 Å². The highest BCUT2D eigenvalue weighted by atomic mass is 16.2. The van der Waals surface area contributed by atoms with Crippen LogP contribution in [0, 0.1) is 11.8 Å². The summed E-state index contributed by atoms with van der Waals surface area (Å²) in [5.41, 5.74) is 6.82. The van der Waals surface area contributed by atoms with Gasteiger partial charge in [-0.15, -0.1) is 0 Å². The van der Waals surface area contributed by atoms with Gasteiger partial charge in [0.2, 0.25) is 5.91 Å². The van der Waals surface area contributed by atoms with Crippen molar-refractivity contribution in [3.8, 4) is 11.8 Å². The number of carbonyl (C=O) groups is 1. The highest BCUT2D eigenvalue weighted by molar-refractivity contribution is 5.78. The summed E-state index contributed by atoms with van der Waals surface area (Å²) in [7, 11) is 0. The lowest BCUT2D eigenvalue weighted by atomic mass is 10.3. The minimum atomic E-state index is 0.194. The number of pyridine rings is 1. The predicted octanol–water partition coefficient (Wildman–Crippen LogP) is 0.638. The first-order valence-corrected chi connectivity index (χ1v) is 5.24. The summed E-state index contributed by atoms with van der Waals surface area (Å²) < 4.78 is 0. The average molecular weight is 215 g/mol. The van der Waals surface area contributed by atoms with E-state index in [1.165, 1.54) is 0 Å². The second-order valence-corrected chi connectivity index (χ2v) is 3.70. The highest BCUT2D eigenvalue weighted by Gasteiger charge is 2.18. The molecule has 4 nitrogen and oxygen atoms in total. The summed E-state index contributed by atoms with van der Waals surface area (Å²) in [4.78, 5) is 17.1. The van der Waals surface area contributed by atoms with Crippen molar-refractivity contribution in [2.45, 2.75) is 12.8 Å². The number of nitrogen functional groups attached to an aromatic ring is 1. The summed E-state index contributed by atoms with van der Waals surface area (Å²) in [6.45, 7) is 1.31. The molecule has 16 heavy (non-hydrogen) atoms. The van der Waals surface area contributed by atoms with Gasteiger partial charge >= 0.3 is 0 Å². The molecule has 1 amide bonds. The third-order valence-electron chi connectivity index (χ3n) is 2.44. The van der Waals surface area contributed by atoms with Gasteiger partial charge in [-0.3, -0.25) is 4.79 Å². The van der Waals surface area contributed by atoms with Crippen LogP contribution in [0.1, 0.15) is 18.5 Å². The molecule has 1 aromatic heterocycles. The molecule has 2 heterocycles. The van der Waals surface area contributed by atoms with Crippen molar-refractivity contribution in [3.63, 3.8) is 0 Å². The molecule has 0 unspecified atom stereocenters. The lowest BCUT2D eigenvalue weighted by molar-refractivity contribution is -0.127. The molecule has 1 aliphatic heterocycles. The van der Waals surface area contributed by atoms with E-state index in [0.717, 1.165) is 13.0 Å². The van der Waals surface area contributed by atoms with E-state index < -0.39 is 0 Å². The minimum absolute atomic E-state index is 0.194. The second kappa shape index (κ2) is 4.67. The number of hydrogen-bond donors (Lipinski definition) is 1. The third-order valence-corrected chi connectivity index (χ3v) is 2.44. The van der Waals surface area contributed by atoms with Crippen molar-refractivity contribution in [2.75, 3.05) is 18.8 Å². The number of nitrogens with zero attached hydrogens (tertiary/aromatic N) is 2. The fourth-order valence-corrected chi connectivity index (χ4v) is 1.58. The average Bonchev–Trinajstić information content (AvgIpc) is 2.68. The van der Waals surface area contributed by atoms with Crippen LogP contribution < -0.4 is 5.73 Å². The normalized spacial score (nSPS) is 14.8. The lowest BCUT2D eigenvalue weighted by Gasteiger charge is -2.09. The summed E-state index contributed by atoms with van der Waals surface area (Å²) in [5.74, 6) is 6.05. The lowest BCUT2D eigenvalue weighted by Crippen LogP contribution is -2.24. The largest absolute Gasteiger partial charge is 0.397 e. The molecule has 4 heteroatoms. The van der Waals surface area contributed by atoms with E-state index >= 15 is 0 Å². The van der Waals surface area contributed by atoms with Gasteiger partial charge in [-0.1, -0.05) is 5.92 Å². The smallest absolute Gasteiger partial charge is 0.223 e. The molecule has 1 aliphatic rings. The van der Waals surface area contributed by atoms with Crippen LogP contribution in [0.2, 0.25) is 0 Å². The van der Waals surface area contributed by atoms with E-state index in [4.69, 9.17) is 5.73 Å². The molecule has 1 fully saturated rings. The SMILES string of the molecule is Nc1ccc(C#CCN2CCCC2=O)nc1. The molecule has 82 valence electrons. The topological polar surface area (TPSA) is 59.2 Å². The van der Waals surface area contributed by atoms with E-state index in [2.05, 4.69) is 16.8 Å². The third kappa shape index (κ3) is 2.51. The molecular weight excluding hydrogens is 202 g/mol. The Labute approximate surface area is 94.5 Å².